The molecule has 2 heterocycles. The number of hydrogen-bond donors (Lipinski definition) is 2. The lowest BCUT2D eigenvalue weighted by Gasteiger charge is -2.28. The fourth-order valence-corrected chi connectivity index (χ4v) is 1.98. The molecule has 1 fully saturated rings. The monoisotopic (exact) mass is 263 g/mol. The summed E-state index contributed by atoms with van der Waals surface area (Å²) < 4.78 is 0. The van der Waals surface area contributed by atoms with Crippen LogP contribution in [0.2, 0.25) is 0 Å². The Kier molecular flexibility index (Phi) is 4.19. The first-order chi connectivity index (χ1) is 9.10. The highest BCUT2D eigenvalue weighted by Gasteiger charge is 2.19. The summed E-state index contributed by atoms with van der Waals surface area (Å²) in [7, 11) is 0. The van der Waals surface area contributed by atoms with Gasteiger partial charge in [-0.2, -0.15) is 0 Å². The standard InChI is InChI=1S/C13H21N5O/c1-4-14-10-7-11(17-13(16-10)9(2)3)18-6-5-15-12(19)8-18/h7,9H,4-6,8H2,1-3H3,(H,15,19)(H,14,16,17). The third-order valence-corrected chi connectivity index (χ3v) is 2.97. The van der Waals surface area contributed by atoms with Gasteiger partial charge in [-0.25, -0.2) is 9.97 Å². The zero-order chi connectivity index (χ0) is 13.8. The first kappa shape index (κ1) is 13.6. The predicted molar refractivity (Wildman–Crippen MR) is 75.5 cm³/mol. The first-order valence-electron chi connectivity index (χ1n) is 6.74. The van der Waals surface area contributed by atoms with E-state index in [1.165, 1.54) is 0 Å². The molecule has 6 nitrogen and oxygen atoms in total. The molecular weight excluding hydrogens is 242 g/mol. The van der Waals surface area contributed by atoms with Crippen molar-refractivity contribution in [3.05, 3.63) is 11.9 Å². The highest BCUT2D eigenvalue weighted by atomic mass is 16.2. The number of carbonyl (C=O) groups excluding carboxylic acids is 1. The maximum absolute atomic E-state index is 11.5. The normalized spacial score (nSPS) is 15.6. The molecular formula is C13H21N5O. The van der Waals surface area contributed by atoms with Crippen LogP contribution in [-0.2, 0) is 4.79 Å². The van der Waals surface area contributed by atoms with Crippen molar-refractivity contribution in [2.24, 2.45) is 0 Å². The number of carbonyl (C=O) groups is 1. The summed E-state index contributed by atoms with van der Waals surface area (Å²) >= 11 is 0. The molecule has 0 spiro atoms. The van der Waals surface area contributed by atoms with Gasteiger partial charge in [-0.1, -0.05) is 13.8 Å². The molecule has 0 atom stereocenters. The van der Waals surface area contributed by atoms with Gasteiger partial charge in [-0.3, -0.25) is 4.79 Å². The Labute approximate surface area is 113 Å². The summed E-state index contributed by atoms with van der Waals surface area (Å²) in [6.07, 6.45) is 0. The van der Waals surface area contributed by atoms with Crippen LogP contribution < -0.4 is 15.5 Å². The van der Waals surface area contributed by atoms with Crippen molar-refractivity contribution in [1.29, 1.82) is 0 Å². The molecule has 6 heteroatoms. The average molecular weight is 263 g/mol. The van der Waals surface area contributed by atoms with E-state index in [0.717, 1.165) is 30.5 Å². The predicted octanol–water partition coefficient (Wildman–Crippen LogP) is 0.968. The number of piperazine rings is 1. The second kappa shape index (κ2) is 5.86. The van der Waals surface area contributed by atoms with Crippen LogP contribution in [0.25, 0.3) is 0 Å². The van der Waals surface area contributed by atoms with Gasteiger partial charge >= 0.3 is 0 Å². The van der Waals surface area contributed by atoms with Crippen LogP contribution in [0.15, 0.2) is 6.07 Å². The van der Waals surface area contributed by atoms with Crippen LogP contribution in [-0.4, -0.2) is 42.1 Å². The summed E-state index contributed by atoms with van der Waals surface area (Å²) in [6, 6.07) is 1.91. The highest BCUT2D eigenvalue weighted by Crippen LogP contribution is 2.20. The number of rotatable bonds is 4. The number of amides is 1. The molecule has 2 N–H and O–H groups in total. The maximum Gasteiger partial charge on any atom is 0.239 e. The topological polar surface area (TPSA) is 70.2 Å². The average Bonchev–Trinajstić information content (AvgIpc) is 2.38. The lowest BCUT2D eigenvalue weighted by Crippen LogP contribution is -2.48. The van der Waals surface area contributed by atoms with E-state index in [0.29, 0.717) is 13.1 Å². The van der Waals surface area contributed by atoms with Crippen LogP contribution in [0.1, 0.15) is 32.5 Å². The summed E-state index contributed by atoms with van der Waals surface area (Å²) in [5.74, 6) is 2.75. The van der Waals surface area contributed by atoms with Crippen molar-refractivity contribution >= 4 is 17.5 Å². The van der Waals surface area contributed by atoms with E-state index >= 15 is 0 Å². The quantitative estimate of drug-likeness (QED) is 0.847. The van der Waals surface area contributed by atoms with Crippen molar-refractivity contribution in [2.75, 3.05) is 36.4 Å². The van der Waals surface area contributed by atoms with Gasteiger partial charge in [0.05, 0.1) is 6.54 Å². The Morgan fingerprint density at radius 2 is 2.26 bits per heavy atom. The first-order valence-corrected chi connectivity index (χ1v) is 6.74. The Bertz CT molecular complexity index is 460. The summed E-state index contributed by atoms with van der Waals surface area (Å²) in [4.78, 5) is 22.5. The van der Waals surface area contributed by atoms with Crippen LogP contribution >= 0.6 is 0 Å². The van der Waals surface area contributed by atoms with Crippen molar-refractivity contribution < 1.29 is 4.79 Å². The van der Waals surface area contributed by atoms with Gasteiger partial charge in [-0.05, 0) is 6.92 Å². The SMILES string of the molecule is CCNc1cc(N2CCNC(=O)C2)nc(C(C)C)n1. The number of aromatic nitrogens is 2. The largest absolute Gasteiger partial charge is 0.370 e. The maximum atomic E-state index is 11.5. The number of nitrogens with one attached hydrogen (secondary N) is 2. The van der Waals surface area contributed by atoms with E-state index in [9.17, 15) is 4.79 Å². The van der Waals surface area contributed by atoms with Gasteiger partial charge in [0, 0.05) is 31.6 Å². The third kappa shape index (κ3) is 3.33. The minimum Gasteiger partial charge on any atom is -0.370 e. The van der Waals surface area contributed by atoms with E-state index in [4.69, 9.17) is 0 Å². The molecule has 19 heavy (non-hydrogen) atoms. The zero-order valence-corrected chi connectivity index (χ0v) is 11.7. The molecule has 0 saturated carbocycles. The lowest BCUT2D eigenvalue weighted by atomic mass is 10.2. The molecule has 0 unspecified atom stereocenters. The van der Waals surface area contributed by atoms with E-state index < -0.39 is 0 Å². The summed E-state index contributed by atoms with van der Waals surface area (Å²) in [5, 5.41) is 6.03. The minimum absolute atomic E-state index is 0.0426. The van der Waals surface area contributed by atoms with Gasteiger partial charge < -0.3 is 15.5 Å². The van der Waals surface area contributed by atoms with Crippen molar-refractivity contribution in [2.45, 2.75) is 26.7 Å². The molecule has 1 saturated heterocycles. The third-order valence-electron chi connectivity index (χ3n) is 2.97. The van der Waals surface area contributed by atoms with Crippen LogP contribution in [0, 0.1) is 0 Å². The number of anilines is 2. The lowest BCUT2D eigenvalue weighted by molar-refractivity contribution is -0.120. The van der Waals surface area contributed by atoms with Crippen molar-refractivity contribution in [3.8, 4) is 0 Å². The van der Waals surface area contributed by atoms with Crippen LogP contribution in [0.5, 0.6) is 0 Å². The number of nitrogens with zero attached hydrogens (tertiary/aromatic N) is 3. The Hall–Kier alpha value is -1.85. The highest BCUT2D eigenvalue weighted by molar-refractivity contribution is 5.82. The minimum atomic E-state index is 0.0426. The van der Waals surface area contributed by atoms with Gasteiger partial charge in [-0.15, -0.1) is 0 Å². The fraction of sp³-hybridized carbons (Fsp3) is 0.615. The Morgan fingerprint density at radius 3 is 2.89 bits per heavy atom. The van der Waals surface area contributed by atoms with E-state index in [-0.39, 0.29) is 11.8 Å². The molecule has 1 aliphatic rings. The van der Waals surface area contributed by atoms with Crippen molar-refractivity contribution in [1.82, 2.24) is 15.3 Å². The van der Waals surface area contributed by atoms with Gasteiger partial charge in [0.25, 0.3) is 0 Å². The molecule has 2 rings (SSSR count). The zero-order valence-electron chi connectivity index (χ0n) is 11.7. The second-order valence-electron chi connectivity index (χ2n) is 4.93. The molecule has 1 aliphatic heterocycles. The van der Waals surface area contributed by atoms with Gasteiger partial charge in [0.2, 0.25) is 5.91 Å². The Morgan fingerprint density at radius 1 is 1.47 bits per heavy atom. The molecule has 1 amide bonds. The molecule has 104 valence electrons. The molecule has 1 aromatic rings. The van der Waals surface area contributed by atoms with Crippen molar-refractivity contribution in [3.63, 3.8) is 0 Å². The molecule has 0 aromatic carbocycles. The smallest absolute Gasteiger partial charge is 0.239 e. The Balaban J connectivity index is 2.29. The molecule has 0 bridgehead atoms. The molecule has 0 aliphatic carbocycles. The fourth-order valence-electron chi connectivity index (χ4n) is 1.98. The van der Waals surface area contributed by atoms with E-state index in [2.05, 4.69) is 34.4 Å². The second-order valence-corrected chi connectivity index (χ2v) is 4.93. The molecule has 1 aromatic heterocycles. The van der Waals surface area contributed by atoms with Crippen LogP contribution in [0.3, 0.4) is 0 Å². The summed E-state index contributed by atoms with van der Waals surface area (Å²) in [6.45, 7) is 8.79. The van der Waals surface area contributed by atoms with E-state index in [1.807, 2.05) is 17.9 Å². The van der Waals surface area contributed by atoms with E-state index in [1.54, 1.807) is 0 Å². The van der Waals surface area contributed by atoms with Gasteiger partial charge in [0.1, 0.15) is 17.5 Å². The number of hydrogen-bond acceptors (Lipinski definition) is 5. The van der Waals surface area contributed by atoms with Crippen LogP contribution in [0.4, 0.5) is 11.6 Å². The molecule has 0 radical (unpaired) electrons. The van der Waals surface area contributed by atoms with Gasteiger partial charge in [0.15, 0.2) is 0 Å². The summed E-state index contributed by atoms with van der Waals surface area (Å²) in [5.41, 5.74) is 0.